The zero-order valence-corrected chi connectivity index (χ0v) is 18.6. The Bertz CT molecular complexity index is 1230. The minimum absolute atomic E-state index is 0.0212. The molecule has 1 amide bonds. The van der Waals surface area contributed by atoms with Gasteiger partial charge in [-0.25, -0.2) is 12.8 Å². The van der Waals surface area contributed by atoms with E-state index in [0.717, 1.165) is 16.7 Å². The summed E-state index contributed by atoms with van der Waals surface area (Å²) in [5.74, 6) is -1.74. The minimum atomic E-state index is -4.80. The van der Waals surface area contributed by atoms with Gasteiger partial charge in [-0.05, 0) is 47.0 Å². The van der Waals surface area contributed by atoms with Crippen LogP contribution in [0.3, 0.4) is 0 Å². The molecule has 1 heterocycles. The van der Waals surface area contributed by atoms with Gasteiger partial charge >= 0.3 is 6.18 Å². The average molecular weight is 544 g/mol. The van der Waals surface area contributed by atoms with Crippen molar-refractivity contribution >= 4 is 49.1 Å². The van der Waals surface area contributed by atoms with Crippen LogP contribution in [0.15, 0.2) is 27.7 Å². The molecular formula is C17H12BrClF4N4O3S. The molecular weight excluding hydrogens is 532 g/mol. The topological polar surface area (TPSA) is 104 Å². The first kappa shape index (κ1) is 23.5. The monoisotopic (exact) mass is 542 g/mol. The third-order valence-electron chi connectivity index (χ3n) is 4.68. The third-order valence-corrected chi connectivity index (χ3v) is 7.94. The molecule has 0 radical (unpaired) electrons. The van der Waals surface area contributed by atoms with Crippen LogP contribution in [-0.4, -0.2) is 30.6 Å². The number of nitriles is 1. The van der Waals surface area contributed by atoms with Gasteiger partial charge in [0.15, 0.2) is 0 Å². The molecule has 31 heavy (non-hydrogen) atoms. The second kappa shape index (κ2) is 7.77. The fraction of sp³-hybridized carbons (Fsp3) is 0.294. The minimum Gasteiger partial charge on any atom is -0.332 e. The van der Waals surface area contributed by atoms with Crippen molar-refractivity contribution in [3.8, 4) is 6.07 Å². The van der Waals surface area contributed by atoms with Gasteiger partial charge in [-0.1, -0.05) is 11.6 Å². The highest BCUT2D eigenvalue weighted by molar-refractivity contribution is 9.10. The molecule has 1 fully saturated rings. The lowest BCUT2D eigenvalue weighted by Gasteiger charge is -2.20. The molecule has 166 valence electrons. The third kappa shape index (κ3) is 4.17. The van der Waals surface area contributed by atoms with Gasteiger partial charge in [0, 0.05) is 12.7 Å². The van der Waals surface area contributed by atoms with Crippen molar-refractivity contribution in [2.24, 2.45) is 7.05 Å². The summed E-state index contributed by atoms with van der Waals surface area (Å²) in [6.07, 6.45) is -5.64. The lowest BCUT2D eigenvalue weighted by molar-refractivity contribution is -0.160. The Morgan fingerprint density at radius 3 is 2.48 bits per heavy atom. The van der Waals surface area contributed by atoms with Crippen molar-refractivity contribution in [3.05, 3.63) is 44.9 Å². The summed E-state index contributed by atoms with van der Waals surface area (Å²) in [6.45, 7) is 0. The first-order chi connectivity index (χ1) is 14.2. The Balaban J connectivity index is 1.97. The maximum absolute atomic E-state index is 13.4. The van der Waals surface area contributed by atoms with E-state index in [1.807, 2.05) is 0 Å². The number of hydrogen-bond donors (Lipinski definition) is 2. The van der Waals surface area contributed by atoms with Crippen LogP contribution in [-0.2, 0) is 17.1 Å². The first-order valence-corrected chi connectivity index (χ1v) is 11.0. The van der Waals surface area contributed by atoms with E-state index in [1.165, 1.54) is 13.1 Å². The number of rotatable bonds is 5. The highest BCUT2D eigenvalue weighted by Crippen LogP contribution is 2.50. The number of amides is 1. The second-order valence-electron chi connectivity index (χ2n) is 6.79. The number of carbonyl (C=O) groups is 1. The Morgan fingerprint density at radius 2 is 1.97 bits per heavy atom. The molecule has 1 saturated carbocycles. The Hall–Kier alpha value is -2.14. The number of nitrogens with zero attached hydrogens (tertiary/aromatic N) is 2. The largest absolute Gasteiger partial charge is 0.407 e. The number of nitrogens with one attached hydrogen (secondary N) is 2. The van der Waals surface area contributed by atoms with Crippen LogP contribution in [0.25, 0.3) is 0 Å². The molecule has 0 spiro atoms. The van der Waals surface area contributed by atoms with Crippen LogP contribution in [0.1, 0.15) is 28.9 Å². The summed E-state index contributed by atoms with van der Waals surface area (Å²) in [5.41, 5.74) is -3.28. The normalized spacial score (nSPS) is 15.4. The molecule has 2 aromatic rings. The Morgan fingerprint density at radius 1 is 1.35 bits per heavy atom. The summed E-state index contributed by atoms with van der Waals surface area (Å²) in [5, 5.41) is 10.6. The molecule has 0 saturated heterocycles. The van der Waals surface area contributed by atoms with Crippen LogP contribution < -0.4 is 10.0 Å². The van der Waals surface area contributed by atoms with Crippen LogP contribution in [0.5, 0.6) is 0 Å². The molecule has 3 rings (SSSR count). The molecule has 7 nitrogen and oxygen atoms in total. The van der Waals surface area contributed by atoms with Gasteiger partial charge in [0.1, 0.15) is 32.6 Å². The highest BCUT2D eigenvalue weighted by Gasteiger charge is 2.65. The molecule has 1 aliphatic carbocycles. The van der Waals surface area contributed by atoms with E-state index in [-0.39, 0.29) is 21.5 Å². The number of halogens is 6. The highest BCUT2D eigenvalue weighted by atomic mass is 79.9. The molecule has 0 unspecified atom stereocenters. The van der Waals surface area contributed by atoms with Crippen molar-refractivity contribution in [1.82, 2.24) is 9.29 Å². The first-order valence-electron chi connectivity index (χ1n) is 8.39. The predicted octanol–water partition coefficient (Wildman–Crippen LogP) is 4.08. The zero-order chi connectivity index (χ0) is 23.4. The second-order valence-corrected chi connectivity index (χ2v) is 9.54. The van der Waals surface area contributed by atoms with E-state index in [0.29, 0.717) is 0 Å². The number of carbonyl (C=O) groups excluding carboxylic acids is 1. The van der Waals surface area contributed by atoms with Gasteiger partial charge in [0.05, 0.1) is 10.6 Å². The maximum atomic E-state index is 13.4. The molecule has 14 heteroatoms. The lowest BCUT2D eigenvalue weighted by Crippen LogP contribution is -2.47. The van der Waals surface area contributed by atoms with Crippen molar-refractivity contribution < 1.29 is 30.8 Å². The lowest BCUT2D eigenvalue weighted by atomic mass is 10.2. The van der Waals surface area contributed by atoms with Gasteiger partial charge < -0.3 is 9.88 Å². The van der Waals surface area contributed by atoms with E-state index in [2.05, 4.69) is 21.2 Å². The van der Waals surface area contributed by atoms with Crippen LogP contribution in [0.4, 0.5) is 23.2 Å². The number of benzene rings is 1. The van der Waals surface area contributed by atoms with Gasteiger partial charge in [-0.15, -0.1) is 0 Å². The van der Waals surface area contributed by atoms with E-state index in [1.54, 1.807) is 10.8 Å². The van der Waals surface area contributed by atoms with Gasteiger partial charge in [-0.2, -0.15) is 23.2 Å². The molecule has 0 aliphatic heterocycles. The smallest absolute Gasteiger partial charge is 0.332 e. The summed E-state index contributed by atoms with van der Waals surface area (Å²) in [7, 11) is -3.50. The molecule has 0 bridgehead atoms. The Labute approximate surface area is 187 Å². The number of alkyl halides is 3. The summed E-state index contributed by atoms with van der Waals surface area (Å²) in [4.78, 5) is 12.0. The average Bonchev–Trinajstić information content (AvgIpc) is 3.38. The van der Waals surface area contributed by atoms with Crippen molar-refractivity contribution in [2.45, 2.75) is 29.5 Å². The number of sulfonamides is 1. The zero-order valence-electron chi connectivity index (χ0n) is 15.4. The quantitative estimate of drug-likeness (QED) is 0.555. The molecule has 0 atom stereocenters. The van der Waals surface area contributed by atoms with E-state index >= 15 is 0 Å². The number of anilines is 1. The summed E-state index contributed by atoms with van der Waals surface area (Å²) < 4.78 is 80.9. The van der Waals surface area contributed by atoms with E-state index in [9.17, 15) is 30.8 Å². The molecule has 1 aromatic heterocycles. The summed E-state index contributed by atoms with van der Waals surface area (Å²) >= 11 is 9.06. The number of hydrogen-bond acceptors (Lipinski definition) is 4. The van der Waals surface area contributed by atoms with Gasteiger partial charge in [0.25, 0.3) is 5.91 Å². The molecule has 2 N–H and O–H groups in total. The van der Waals surface area contributed by atoms with Crippen molar-refractivity contribution in [3.63, 3.8) is 0 Å². The van der Waals surface area contributed by atoms with E-state index in [4.69, 9.17) is 16.9 Å². The van der Waals surface area contributed by atoms with Gasteiger partial charge in [-0.3, -0.25) is 4.79 Å². The fourth-order valence-corrected chi connectivity index (χ4v) is 6.20. The van der Waals surface area contributed by atoms with Crippen molar-refractivity contribution in [2.75, 3.05) is 5.32 Å². The van der Waals surface area contributed by atoms with E-state index < -0.39 is 56.2 Å². The van der Waals surface area contributed by atoms with Crippen LogP contribution in [0.2, 0.25) is 5.02 Å². The fourth-order valence-electron chi connectivity index (χ4n) is 2.83. The Kier molecular flexibility index (Phi) is 5.90. The van der Waals surface area contributed by atoms with Crippen molar-refractivity contribution in [1.29, 1.82) is 5.26 Å². The SMILES string of the molecule is Cn1c(Br)c(S(=O)(=O)NC2(C(F)(F)F)CC2)c(Cl)c1C(=O)Nc1ccc(F)c(C#N)c1. The standard InChI is InChI=1S/C17H12BrClF4N4O3S/c1-27-12(15(28)25-9-2-3-10(20)8(6-9)7-24)11(19)13(14(27)18)31(29,30)26-16(4-5-16)17(21,22)23/h2-3,6,26H,4-5H2,1H3,(H,25,28). The molecule has 1 aliphatic rings. The van der Waals surface area contributed by atoms with Gasteiger partial charge in [0.2, 0.25) is 10.0 Å². The van der Waals surface area contributed by atoms with Crippen LogP contribution in [0, 0.1) is 17.1 Å². The van der Waals surface area contributed by atoms with Crippen LogP contribution >= 0.6 is 27.5 Å². The maximum Gasteiger partial charge on any atom is 0.407 e. The predicted molar refractivity (Wildman–Crippen MR) is 106 cm³/mol. The molecule has 1 aromatic carbocycles. The number of aromatic nitrogens is 1. The summed E-state index contributed by atoms with van der Waals surface area (Å²) in [6, 6.07) is 4.77.